The lowest BCUT2D eigenvalue weighted by Gasteiger charge is -2.32. The number of aromatic nitrogens is 2. The first kappa shape index (κ1) is 18.1. The van der Waals surface area contributed by atoms with E-state index < -0.39 is 0 Å². The number of carbonyl (C=O) groups excluding carboxylic acids is 1. The van der Waals surface area contributed by atoms with E-state index in [9.17, 15) is 9.18 Å². The number of nitrogens with one attached hydrogen (secondary N) is 1. The van der Waals surface area contributed by atoms with Crippen molar-refractivity contribution in [1.29, 1.82) is 0 Å². The molecule has 1 N–H and O–H groups in total. The molecule has 1 aliphatic rings. The maximum Gasteiger partial charge on any atom is 0.229 e. The molecule has 2 heterocycles. The van der Waals surface area contributed by atoms with Crippen LogP contribution >= 0.6 is 0 Å². The first-order chi connectivity index (χ1) is 13.7. The summed E-state index contributed by atoms with van der Waals surface area (Å²) in [6.45, 7) is 1.40. The van der Waals surface area contributed by atoms with Gasteiger partial charge in [-0.05, 0) is 42.7 Å². The number of amides is 1. The van der Waals surface area contributed by atoms with Crippen molar-refractivity contribution in [3.05, 3.63) is 72.8 Å². The zero-order valence-electron chi connectivity index (χ0n) is 15.4. The van der Waals surface area contributed by atoms with E-state index in [0.717, 1.165) is 36.2 Å². The van der Waals surface area contributed by atoms with Crippen LogP contribution in [-0.4, -0.2) is 29.0 Å². The van der Waals surface area contributed by atoms with Gasteiger partial charge in [0.25, 0.3) is 0 Å². The highest BCUT2D eigenvalue weighted by Crippen LogP contribution is 2.24. The van der Waals surface area contributed by atoms with Crippen molar-refractivity contribution in [1.82, 2.24) is 9.97 Å². The molecule has 4 rings (SSSR count). The summed E-state index contributed by atoms with van der Waals surface area (Å²) in [4.78, 5) is 23.5. The molecular weight excluding hydrogens is 355 g/mol. The number of nitrogens with zero attached hydrogens (tertiary/aromatic N) is 3. The van der Waals surface area contributed by atoms with Crippen molar-refractivity contribution < 1.29 is 9.18 Å². The second-order valence-corrected chi connectivity index (χ2v) is 6.92. The SMILES string of the molecule is O=C(Nc1ccccc1)[C@H]1CCCN(c2ncc(-c3cccc(F)c3)cn2)C1. The Labute approximate surface area is 163 Å². The van der Waals surface area contributed by atoms with Crippen LogP contribution in [0.1, 0.15) is 12.8 Å². The summed E-state index contributed by atoms with van der Waals surface area (Å²) >= 11 is 0. The summed E-state index contributed by atoms with van der Waals surface area (Å²) < 4.78 is 13.4. The third-order valence-corrected chi connectivity index (χ3v) is 4.91. The van der Waals surface area contributed by atoms with E-state index in [1.54, 1.807) is 18.5 Å². The monoisotopic (exact) mass is 376 g/mol. The van der Waals surface area contributed by atoms with Crippen LogP contribution in [0.5, 0.6) is 0 Å². The first-order valence-electron chi connectivity index (χ1n) is 9.38. The van der Waals surface area contributed by atoms with Crippen molar-refractivity contribution in [3.63, 3.8) is 0 Å². The molecule has 1 amide bonds. The van der Waals surface area contributed by atoms with Crippen LogP contribution in [-0.2, 0) is 4.79 Å². The molecule has 0 aliphatic carbocycles. The standard InChI is InChI=1S/C22H21FN4O/c23-19-8-4-6-16(12-19)18-13-24-22(25-14-18)27-11-5-7-17(15-27)21(28)26-20-9-2-1-3-10-20/h1-4,6,8-10,12-14,17H,5,7,11,15H2,(H,26,28)/t17-/m0/s1. The topological polar surface area (TPSA) is 58.1 Å². The molecule has 6 heteroatoms. The Morgan fingerprint density at radius 2 is 1.82 bits per heavy atom. The second kappa shape index (κ2) is 8.17. The second-order valence-electron chi connectivity index (χ2n) is 6.92. The number of piperidine rings is 1. The fourth-order valence-electron chi connectivity index (χ4n) is 3.44. The van der Waals surface area contributed by atoms with Crippen LogP contribution in [0.2, 0.25) is 0 Å². The first-order valence-corrected chi connectivity index (χ1v) is 9.38. The van der Waals surface area contributed by atoms with Crippen molar-refractivity contribution in [2.75, 3.05) is 23.3 Å². The molecule has 1 aliphatic heterocycles. The minimum atomic E-state index is -0.287. The summed E-state index contributed by atoms with van der Waals surface area (Å²) in [5.74, 6) is 0.218. The molecular formula is C22H21FN4O. The molecule has 0 unspecified atom stereocenters. The van der Waals surface area contributed by atoms with Gasteiger partial charge in [-0.2, -0.15) is 0 Å². The third-order valence-electron chi connectivity index (χ3n) is 4.91. The van der Waals surface area contributed by atoms with E-state index in [2.05, 4.69) is 15.3 Å². The Morgan fingerprint density at radius 3 is 2.57 bits per heavy atom. The molecule has 1 atom stereocenters. The maximum atomic E-state index is 13.4. The molecule has 5 nitrogen and oxygen atoms in total. The summed E-state index contributed by atoms with van der Waals surface area (Å²) in [6.07, 6.45) is 5.15. The quantitative estimate of drug-likeness (QED) is 0.744. The Hall–Kier alpha value is -3.28. The fourth-order valence-corrected chi connectivity index (χ4v) is 3.44. The largest absolute Gasteiger partial charge is 0.340 e. The van der Waals surface area contributed by atoms with Gasteiger partial charge >= 0.3 is 0 Å². The van der Waals surface area contributed by atoms with Crippen molar-refractivity contribution in [2.24, 2.45) is 5.92 Å². The summed E-state index contributed by atoms with van der Waals surface area (Å²) in [5.41, 5.74) is 2.31. The number of hydrogen-bond acceptors (Lipinski definition) is 4. The van der Waals surface area contributed by atoms with Gasteiger partial charge in [-0.1, -0.05) is 30.3 Å². The van der Waals surface area contributed by atoms with Gasteiger partial charge in [0.2, 0.25) is 11.9 Å². The van der Waals surface area contributed by atoms with Crippen molar-refractivity contribution in [3.8, 4) is 11.1 Å². The van der Waals surface area contributed by atoms with Crippen LogP contribution in [0.15, 0.2) is 67.0 Å². The predicted octanol–water partition coefficient (Wildman–Crippen LogP) is 4.14. The number of para-hydroxylation sites is 1. The highest BCUT2D eigenvalue weighted by molar-refractivity contribution is 5.93. The smallest absolute Gasteiger partial charge is 0.229 e. The molecule has 28 heavy (non-hydrogen) atoms. The van der Waals surface area contributed by atoms with Crippen LogP contribution < -0.4 is 10.2 Å². The molecule has 0 spiro atoms. The van der Waals surface area contributed by atoms with E-state index in [4.69, 9.17) is 0 Å². The summed E-state index contributed by atoms with van der Waals surface area (Å²) in [5, 5.41) is 2.98. The lowest BCUT2D eigenvalue weighted by atomic mass is 9.97. The van der Waals surface area contributed by atoms with Gasteiger partial charge in [0.1, 0.15) is 5.82 Å². The lowest BCUT2D eigenvalue weighted by Crippen LogP contribution is -2.41. The Kier molecular flexibility index (Phi) is 5.28. The predicted molar refractivity (Wildman–Crippen MR) is 107 cm³/mol. The number of hydrogen-bond donors (Lipinski definition) is 1. The van der Waals surface area contributed by atoms with Gasteiger partial charge in [-0.3, -0.25) is 4.79 Å². The van der Waals surface area contributed by atoms with E-state index in [0.29, 0.717) is 12.5 Å². The van der Waals surface area contributed by atoms with Gasteiger partial charge in [0.05, 0.1) is 5.92 Å². The Balaban J connectivity index is 1.43. The van der Waals surface area contributed by atoms with Crippen LogP contribution in [0.3, 0.4) is 0 Å². The molecule has 0 radical (unpaired) electrons. The number of rotatable bonds is 4. The minimum Gasteiger partial charge on any atom is -0.340 e. The fraction of sp³-hybridized carbons (Fsp3) is 0.227. The molecule has 2 aromatic carbocycles. The van der Waals surface area contributed by atoms with E-state index in [1.165, 1.54) is 12.1 Å². The van der Waals surface area contributed by atoms with Gasteiger partial charge in [-0.25, -0.2) is 14.4 Å². The van der Waals surface area contributed by atoms with E-state index >= 15 is 0 Å². The third kappa shape index (κ3) is 4.17. The number of benzene rings is 2. The number of carbonyl (C=O) groups is 1. The highest BCUT2D eigenvalue weighted by atomic mass is 19.1. The van der Waals surface area contributed by atoms with Crippen LogP contribution in [0, 0.1) is 11.7 Å². The summed E-state index contributed by atoms with van der Waals surface area (Å²) in [7, 11) is 0. The molecule has 1 saturated heterocycles. The molecule has 0 bridgehead atoms. The highest BCUT2D eigenvalue weighted by Gasteiger charge is 2.27. The zero-order valence-corrected chi connectivity index (χ0v) is 15.4. The number of halogens is 1. The average Bonchev–Trinajstić information content (AvgIpc) is 2.75. The van der Waals surface area contributed by atoms with Gasteiger partial charge < -0.3 is 10.2 Å². The molecule has 3 aromatic rings. The molecule has 1 fully saturated rings. The van der Waals surface area contributed by atoms with Crippen LogP contribution in [0.4, 0.5) is 16.0 Å². The van der Waals surface area contributed by atoms with E-state index in [-0.39, 0.29) is 17.6 Å². The zero-order chi connectivity index (χ0) is 19.3. The Bertz CT molecular complexity index is 946. The molecule has 1 aromatic heterocycles. The van der Waals surface area contributed by atoms with Crippen LogP contribution in [0.25, 0.3) is 11.1 Å². The van der Waals surface area contributed by atoms with E-state index in [1.807, 2.05) is 41.3 Å². The Morgan fingerprint density at radius 1 is 1.04 bits per heavy atom. The molecule has 0 saturated carbocycles. The van der Waals surface area contributed by atoms with Crippen molar-refractivity contribution in [2.45, 2.75) is 12.8 Å². The summed E-state index contributed by atoms with van der Waals surface area (Å²) in [6, 6.07) is 15.8. The van der Waals surface area contributed by atoms with Crippen molar-refractivity contribution >= 4 is 17.5 Å². The maximum absolute atomic E-state index is 13.4. The number of anilines is 2. The normalized spacial score (nSPS) is 16.6. The minimum absolute atomic E-state index is 0.0206. The average molecular weight is 376 g/mol. The molecule has 142 valence electrons. The lowest BCUT2D eigenvalue weighted by molar-refractivity contribution is -0.120. The van der Waals surface area contributed by atoms with Gasteiger partial charge in [0, 0.05) is 36.7 Å². The van der Waals surface area contributed by atoms with Gasteiger partial charge in [0.15, 0.2) is 0 Å². The van der Waals surface area contributed by atoms with Gasteiger partial charge in [-0.15, -0.1) is 0 Å².